The van der Waals surface area contributed by atoms with E-state index in [4.69, 9.17) is 4.42 Å². The van der Waals surface area contributed by atoms with Gasteiger partial charge in [-0.1, -0.05) is 182 Å². The lowest BCUT2D eigenvalue weighted by molar-refractivity contribution is 0.669. The third-order valence-electron chi connectivity index (χ3n) is 13.3. The summed E-state index contributed by atoms with van der Waals surface area (Å²) in [5.74, 6) is 0. The first-order valence-corrected chi connectivity index (χ1v) is 23.0. The molecule has 0 saturated carbocycles. The minimum atomic E-state index is -0.452. The zero-order valence-corrected chi connectivity index (χ0v) is 36.1. The fourth-order valence-electron chi connectivity index (χ4n) is 10.7. The van der Waals surface area contributed by atoms with Gasteiger partial charge in [-0.25, -0.2) is 0 Å². The molecule has 0 N–H and O–H groups in total. The molecule has 0 amide bonds. The number of furan rings is 1. The third kappa shape index (κ3) is 5.71. The quantitative estimate of drug-likeness (QED) is 0.159. The summed E-state index contributed by atoms with van der Waals surface area (Å²) >= 11 is 1.88. The van der Waals surface area contributed by atoms with Crippen LogP contribution in [0.5, 0.6) is 0 Å². The Morgan fingerprint density at radius 1 is 0.338 bits per heavy atom. The van der Waals surface area contributed by atoms with Crippen LogP contribution in [0.1, 0.15) is 22.3 Å². The monoisotopic (exact) mass is 848 g/mol. The lowest BCUT2D eigenvalue weighted by atomic mass is 9.67. The average molecular weight is 849 g/mol. The van der Waals surface area contributed by atoms with Gasteiger partial charge in [-0.2, -0.15) is 0 Å². The molecule has 4 heteroatoms. The van der Waals surface area contributed by atoms with Crippen molar-refractivity contribution in [1.29, 1.82) is 0 Å². The van der Waals surface area contributed by atoms with Gasteiger partial charge in [0, 0.05) is 43.3 Å². The van der Waals surface area contributed by atoms with E-state index in [1.807, 2.05) is 11.8 Å². The van der Waals surface area contributed by atoms with Gasteiger partial charge < -0.3 is 14.2 Å². The molecular formula is C61H40N2OS. The van der Waals surface area contributed by atoms with Crippen LogP contribution in [0.15, 0.2) is 257 Å². The summed E-state index contributed by atoms with van der Waals surface area (Å²) in [7, 11) is 0. The molecule has 1 aliphatic carbocycles. The molecule has 65 heavy (non-hydrogen) atoms. The Morgan fingerprint density at radius 2 is 0.846 bits per heavy atom. The normalized spacial score (nSPS) is 13.0. The fraction of sp³-hybridized carbons (Fsp3) is 0.0164. The molecule has 2 aliphatic rings. The average Bonchev–Trinajstić information content (AvgIpc) is 3.91. The van der Waals surface area contributed by atoms with E-state index in [1.54, 1.807) is 0 Å². The standard InChI is InChI=1S/C61H40N2OS/c1-5-20-41(21-6-1)46-37-39-55(62(42-22-7-2-8-23-42)43-24-9-3-10-25-43)60-58(46)48-29-19-33-54(59(48)64-60)63(44-26-11-4-12-27-44)45-36-38-51-49(40-45)47-28-13-14-30-50(47)61(51)52-31-15-17-34-56(52)65-57-35-18-16-32-53(57)61/h1-40H. The molecule has 0 radical (unpaired) electrons. The lowest BCUT2D eigenvalue weighted by Gasteiger charge is -2.39. The molecule has 0 unspecified atom stereocenters. The van der Waals surface area contributed by atoms with Gasteiger partial charge in [0.2, 0.25) is 0 Å². The number of hydrogen-bond acceptors (Lipinski definition) is 4. The van der Waals surface area contributed by atoms with Crippen LogP contribution in [0.3, 0.4) is 0 Å². The number of nitrogens with zero attached hydrogens (tertiary/aromatic N) is 2. The van der Waals surface area contributed by atoms with Crippen molar-refractivity contribution in [1.82, 2.24) is 0 Å². The van der Waals surface area contributed by atoms with E-state index >= 15 is 0 Å². The van der Waals surface area contributed by atoms with Crippen molar-refractivity contribution < 1.29 is 4.42 Å². The number of fused-ring (bicyclic) bond motifs is 12. The number of benzene rings is 10. The van der Waals surface area contributed by atoms with Gasteiger partial charge in [-0.15, -0.1) is 0 Å². The van der Waals surface area contributed by atoms with Crippen molar-refractivity contribution in [3.8, 4) is 22.3 Å². The molecule has 0 fully saturated rings. The van der Waals surface area contributed by atoms with Crippen LogP contribution in [0.25, 0.3) is 44.2 Å². The first-order chi connectivity index (χ1) is 32.3. The van der Waals surface area contributed by atoms with Gasteiger partial charge in [-0.05, 0) is 117 Å². The Kier molecular flexibility index (Phi) is 8.68. The summed E-state index contributed by atoms with van der Waals surface area (Å²) in [6.45, 7) is 0. The molecule has 10 aromatic carbocycles. The van der Waals surface area contributed by atoms with Crippen molar-refractivity contribution in [2.45, 2.75) is 15.2 Å². The Balaban J connectivity index is 1.07. The topological polar surface area (TPSA) is 19.6 Å². The highest BCUT2D eigenvalue weighted by atomic mass is 32.2. The zero-order valence-electron chi connectivity index (χ0n) is 35.3. The Bertz CT molecular complexity index is 3500. The molecule has 0 atom stereocenters. The maximum absolute atomic E-state index is 7.46. The minimum Gasteiger partial charge on any atom is -0.452 e. The highest BCUT2D eigenvalue weighted by molar-refractivity contribution is 7.99. The van der Waals surface area contributed by atoms with E-state index in [2.05, 4.69) is 252 Å². The van der Waals surface area contributed by atoms with Gasteiger partial charge in [0.1, 0.15) is 0 Å². The summed E-state index contributed by atoms with van der Waals surface area (Å²) in [6, 6.07) is 87.8. The minimum absolute atomic E-state index is 0.452. The van der Waals surface area contributed by atoms with E-state index in [9.17, 15) is 0 Å². The smallest absolute Gasteiger partial charge is 0.160 e. The van der Waals surface area contributed by atoms with Crippen molar-refractivity contribution in [2.24, 2.45) is 0 Å². The van der Waals surface area contributed by atoms with Crippen molar-refractivity contribution in [3.05, 3.63) is 265 Å². The molecule has 1 aromatic heterocycles. The number of para-hydroxylation sites is 4. The van der Waals surface area contributed by atoms with Gasteiger partial charge >= 0.3 is 0 Å². The maximum Gasteiger partial charge on any atom is 0.160 e. The van der Waals surface area contributed by atoms with Gasteiger partial charge in [-0.3, -0.25) is 0 Å². The predicted octanol–water partition coefficient (Wildman–Crippen LogP) is 17.0. The highest BCUT2D eigenvalue weighted by Crippen LogP contribution is 2.63. The van der Waals surface area contributed by atoms with Crippen LogP contribution in [0.2, 0.25) is 0 Å². The summed E-state index contributed by atoms with van der Waals surface area (Å²) in [5.41, 5.74) is 17.4. The highest BCUT2D eigenvalue weighted by Gasteiger charge is 2.50. The molecule has 306 valence electrons. The largest absolute Gasteiger partial charge is 0.452 e. The van der Waals surface area contributed by atoms with Crippen LogP contribution in [0.4, 0.5) is 34.1 Å². The molecular weight excluding hydrogens is 809 g/mol. The summed E-state index contributed by atoms with van der Waals surface area (Å²) in [6.07, 6.45) is 0. The molecule has 3 nitrogen and oxygen atoms in total. The summed E-state index contributed by atoms with van der Waals surface area (Å²) in [4.78, 5) is 7.29. The second kappa shape index (κ2) is 15.0. The van der Waals surface area contributed by atoms with Gasteiger partial charge in [0.05, 0.1) is 16.8 Å². The Hall–Kier alpha value is -8.05. The van der Waals surface area contributed by atoms with Crippen molar-refractivity contribution in [2.75, 3.05) is 9.80 Å². The Morgan fingerprint density at radius 3 is 1.48 bits per heavy atom. The number of hydrogen-bond donors (Lipinski definition) is 0. The van der Waals surface area contributed by atoms with Crippen LogP contribution in [0, 0.1) is 0 Å². The van der Waals surface area contributed by atoms with E-state index in [0.717, 1.165) is 67.2 Å². The summed E-state index contributed by atoms with van der Waals surface area (Å²) in [5, 5.41) is 2.13. The van der Waals surface area contributed by atoms with Gasteiger partial charge in [0.25, 0.3) is 0 Å². The molecule has 0 saturated heterocycles. The van der Waals surface area contributed by atoms with Crippen LogP contribution in [-0.2, 0) is 5.41 Å². The SMILES string of the molecule is c1ccc(-c2ccc(N(c3ccccc3)c3ccccc3)c3oc4c(N(c5ccccc5)c5ccc6c(c5)-c5ccccc5C65c6ccccc6Sc6ccccc65)cccc4c23)cc1. The predicted molar refractivity (Wildman–Crippen MR) is 270 cm³/mol. The molecule has 1 spiro atoms. The molecule has 2 heterocycles. The fourth-order valence-corrected chi connectivity index (χ4v) is 11.8. The molecule has 0 bridgehead atoms. The lowest BCUT2D eigenvalue weighted by Crippen LogP contribution is -2.31. The van der Waals surface area contributed by atoms with E-state index in [-0.39, 0.29) is 0 Å². The summed E-state index contributed by atoms with van der Waals surface area (Å²) < 4.78 is 7.46. The first-order valence-electron chi connectivity index (χ1n) is 22.2. The molecule has 11 aromatic rings. The molecule has 1 aliphatic heterocycles. The number of rotatable bonds is 7. The van der Waals surface area contributed by atoms with Crippen molar-refractivity contribution in [3.63, 3.8) is 0 Å². The maximum atomic E-state index is 7.46. The first kappa shape index (κ1) is 37.5. The second-order valence-electron chi connectivity index (χ2n) is 16.8. The van der Waals surface area contributed by atoms with E-state index in [0.29, 0.717) is 0 Å². The van der Waals surface area contributed by atoms with Gasteiger partial charge in [0.15, 0.2) is 11.2 Å². The molecule has 13 rings (SSSR count). The van der Waals surface area contributed by atoms with Crippen molar-refractivity contribution >= 4 is 67.8 Å². The van der Waals surface area contributed by atoms with Crippen LogP contribution in [-0.4, -0.2) is 0 Å². The zero-order chi connectivity index (χ0) is 42.9. The second-order valence-corrected chi connectivity index (χ2v) is 17.8. The van der Waals surface area contributed by atoms with E-state index < -0.39 is 5.41 Å². The Labute approximate surface area is 382 Å². The number of anilines is 6. The van der Waals surface area contributed by atoms with Crippen LogP contribution < -0.4 is 9.80 Å². The van der Waals surface area contributed by atoms with E-state index in [1.165, 1.54) is 43.2 Å². The third-order valence-corrected chi connectivity index (χ3v) is 14.5. The van der Waals surface area contributed by atoms with Crippen LogP contribution >= 0.6 is 11.8 Å².